The molecule has 1 fully saturated rings. The van der Waals surface area contributed by atoms with Crippen LogP contribution in [0.1, 0.15) is 43.4 Å². The molecule has 2 aromatic carbocycles. The Bertz CT molecular complexity index is 1590. The van der Waals surface area contributed by atoms with Gasteiger partial charge in [-0.15, -0.1) is 0 Å². The number of nitrogens with zero attached hydrogens (tertiary/aromatic N) is 1. The highest BCUT2D eigenvalue weighted by atomic mass is 32.2. The van der Waals surface area contributed by atoms with Crippen molar-refractivity contribution in [2.75, 3.05) is 12.3 Å². The standard InChI is InChI=1S/C26H25F8NO5S2/c1-15(2)41(37,38)14-22(36)35-12-11-23(42(39,40)19-7-5-18(27)6-8-19)20-9-4-17(13-16(20)3-10-21(23)35)24(28,25(29,30)31)26(32,33)34/h4-9,13,15,21H,3,10-12,14H2,1-2H3/t21-,23-/m1/s1. The SMILES string of the molecule is CC(C)S(=O)(=O)CC(=O)N1CC[C@@]2(S(=O)(=O)c3ccc(F)cc3)c3ccc(C(F)(C(F)(F)F)C(F)(F)F)cc3CC[C@@H]12. The number of aryl methyl sites for hydroxylation is 1. The average Bonchev–Trinajstić information content (AvgIpc) is 3.28. The van der Waals surface area contributed by atoms with Gasteiger partial charge in [-0.25, -0.2) is 25.6 Å². The highest BCUT2D eigenvalue weighted by Gasteiger charge is 2.73. The van der Waals surface area contributed by atoms with Gasteiger partial charge in [0.25, 0.3) is 0 Å². The number of likely N-dealkylation sites (tertiary alicyclic amines) is 1. The molecule has 0 unspecified atom stereocenters. The van der Waals surface area contributed by atoms with Gasteiger partial charge in [-0.1, -0.05) is 18.2 Å². The third kappa shape index (κ3) is 4.77. The van der Waals surface area contributed by atoms with Crippen LogP contribution in [-0.2, 0) is 41.3 Å². The molecule has 1 heterocycles. The van der Waals surface area contributed by atoms with Crippen LogP contribution in [-0.4, -0.2) is 63.6 Å². The molecule has 1 aliphatic carbocycles. The number of alkyl halides is 7. The molecule has 1 saturated heterocycles. The number of benzene rings is 2. The first-order valence-electron chi connectivity index (χ1n) is 12.6. The van der Waals surface area contributed by atoms with Gasteiger partial charge in [0.15, 0.2) is 19.7 Å². The van der Waals surface area contributed by atoms with Crippen molar-refractivity contribution in [2.45, 2.75) is 72.1 Å². The Morgan fingerprint density at radius 2 is 1.52 bits per heavy atom. The Kier molecular flexibility index (Phi) is 7.79. The zero-order valence-corrected chi connectivity index (χ0v) is 23.7. The van der Waals surface area contributed by atoms with Gasteiger partial charge in [0.2, 0.25) is 5.91 Å². The Balaban J connectivity index is 1.93. The van der Waals surface area contributed by atoms with Crippen molar-refractivity contribution in [2.24, 2.45) is 0 Å². The van der Waals surface area contributed by atoms with E-state index in [-0.39, 0.29) is 36.6 Å². The molecule has 0 saturated carbocycles. The first-order chi connectivity index (χ1) is 19.1. The Morgan fingerprint density at radius 3 is 2.05 bits per heavy atom. The van der Waals surface area contributed by atoms with E-state index < -0.39 is 88.1 Å². The predicted molar refractivity (Wildman–Crippen MR) is 134 cm³/mol. The fraction of sp³-hybridized carbons (Fsp3) is 0.500. The molecule has 2 atom stereocenters. The summed E-state index contributed by atoms with van der Waals surface area (Å²) in [6, 6.07) is 3.48. The van der Waals surface area contributed by atoms with Crippen molar-refractivity contribution in [1.29, 1.82) is 0 Å². The summed E-state index contributed by atoms with van der Waals surface area (Å²) in [5, 5.41) is -0.939. The summed E-state index contributed by atoms with van der Waals surface area (Å²) in [6.07, 6.45) is -13.8. The Morgan fingerprint density at radius 1 is 0.952 bits per heavy atom. The molecule has 42 heavy (non-hydrogen) atoms. The molecule has 0 aromatic heterocycles. The topological polar surface area (TPSA) is 88.6 Å². The van der Waals surface area contributed by atoms with Crippen LogP contribution in [0, 0.1) is 5.82 Å². The molecule has 232 valence electrons. The molecular formula is C26H25F8NO5S2. The summed E-state index contributed by atoms with van der Waals surface area (Å²) in [5.74, 6) is -2.68. The van der Waals surface area contributed by atoms with E-state index in [1.807, 2.05) is 0 Å². The third-order valence-electron chi connectivity index (χ3n) is 8.03. The highest BCUT2D eigenvalue weighted by molar-refractivity contribution is 7.93. The minimum atomic E-state index is -6.40. The monoisotopic (exact) mass is 647 g/mol. The number of carbonyl (C=O) groups is 1. The number of fused-ring (bicyclic) bond motifs is 3. The van der Waals surface area contributed by atoms with Crippen LogP contribution < -0.4 is 0 Å². The summed E-state index contributed by atoms with van der Waals surface area (Å²) >= 11 is 0. The normalized spacial score (nSPS) is 21.8. The maximum Gasteiger partial charge on any atom is 0.435 e. The van der Waals surface area contributed by atoms with E-state index in [4.69, 9.17) is 0 Å². The minimum absolute atomic E-state index is 0.220. The third-order valence-corrected chi connectivity index (χ3v) is 12.7. The van der Waals surface area contributed by atoms with Gasteiger partial charge in [0, 0.05) is 12.1 Å². The molecule has 16 heteroatoms. The molecule has 0 N–H and O–H groups in total. The van der Waals surface area contributed by atoms with E-state index in [0.717, 1.165) is 29.2 Å². The summed E-state index contributed by atoms with van der Waals surface area (Å²) in [5.41, 5.74) is -8.10. The van der Waals surface area contributed by atoms with E-state index in [9.17, 15) is 56.8 Å². The van der Waals surface area contributed by atoms with E-state index in [1.54, 1.807) is 0 Å². The fourth-order valence-electron chi connectivity index (χ4n) is 5.77. The van der Waals surface area contributed by atoms with E-state index in [0.29, 0.717) is 12.1 Å². The molecule has 6 nitrogen and oxygen atoms in total. The molecule has 1 aliphatic heterocycles. The maximum atomic E-state index is 14.9. The lowest BCUT2D eigenvalue weighted by Gasteiger charge is -2.43. The fourth-order valence-corrected chi connectivity index (χ4v) is 8.98. The molecule has 0 bridgehead atoms. The van der Waals surface area contributed by atoms with Gasteiger partial charge >= 0.3 is 18.0 Å². The zero-order chi connectivity index (χ0) is 31.7. The lowest BCUT2D eigenvalue weighted by Crippen LogP contribution is -2.53. The molecule has 0 spiro atoms. The maximum absolute atomic E-state index is 14.9. The van der Waals surface area contributed by atoms with Crippen LogP contribution in [0.5, 0.6) is 0 Å². The summed E-state index contributed by atoms with van der Waals surface area (Å²) < 4.78 is 161. The van der Waals surface area contributed by atoms with Crippen LogP contribution in [0.3, 0.4) is 0 Å². The van der Waals surface area contributed by atoms with Gasteiger partial charge < -0.3 is 4.90 Å². The number of halogens is 8. The van der Waals surface area contributed by atoms with Gasteiger partial charge in [0.1, 0.15) is 16.3 Å². The summed E-state index contributed by atoms with van der Waals surface area (Å²) in [6.45, 7) is 2.38. The van der Waals surface area contributed by atoms with E-state index in [1.165, 1.54) is 13.8 Å². The first-order valence-corrected chi connectivity index (χ1v) is 15.8. The zero-order valence-electron chi connectivity index (χ0n) is 22.1. The Labute approximate surface area is 236 Å². The molecular weight excluding hydrogens is 622 g/mol. The van der Waals surface area contributed by atoms with Crippen LogP contribution >= 0.6 is 0 Å². The van der Waals surface area contributed by atoms with Crippen molar-refractivity contribution >= 4 is 25.6 Å². The van der Waals surface area contributed by atoms with Crippen molar-refractivity contribution in [3.63, 3.8) is 0 Å². The molecule has 0 radical (unpaired) electrons. The van der Waals surface area contributed by atoms with Crippen molar-refractivity contribution in [1.82, 2.24) is 4.90 Å². The lowest BCUT2D eigenvalue weighted by atomic mass is 9.77. The van der Waals surface area contributed by atoms with Crippen LogP contribution in [0.25, 0.3) is 0 Å². The number of amides is 1. The quantitative estimate of drug-likeness (QED) is 0.320. The van der Waals surface area contributed by atoms with E-state index in [2.05, 4.69) is 0 Å². The van der Waals surface area contributed by atoms with Gasteiger partial charge in [-0.05, 0) is 68.5 Å². The number of carbonyl (C=O) groups excluding carboxylic acids is 1. The number of sulfone groups is 2. The van der Waals surface area contributed by atoms with Crippen molar-refractivity contribution < 1.29 is 56.8 Å². The molecule has 4 rings (SSSR count). The average molecular weight is 648 g/mol. The smallest absolute Gasteiger partial charge is 0.337 e. The van der Waals surface area contributed by atoms with Crippen LogP contribution in [0.15, 0.2) is 47.4 Å². The second kappa shape index (κ2) is 10.2. The second-order valence-corrected chi connectivity index (χ2v) is 15.4. The minimum Gasteiger partial charge on any atom is -0.337 e. The number of hydrogen-bond acceptors (Lipinski definition) is 5. The summed E-state index contributed by atoms with van der Waals surface area (Å²) in [7, 11) is -8.60. The second-order valence-electron chi connectivity index (χ2n) is 10.6. The molecule has 2 aromatic rings. The summed E-state index contributed by atoms with van der Waals surface area (Å²) in [4.78, 5) is 13.8. The van der Waals surface area contributed by atoms with Gasteiger partial charge in [-0.2, -0.15) is 26.3 Å². The largest absolute Gasteiger partial charge is 0.435 e. The Hall–Kier alpha value is -2.75. The van der Waals surface area contributed by atoms with Crippen LogP contribution in [0.4, 0.5) is 35.1 Å². The van der Waals surface area contributed by atoms with Crippen molar-refractivity contribution in [3.8, 4) is 0 Å². The number of hydrogen-bond donors (Lipinski definition) is 0. The van der Waals surface area contributed by atoms with Gasteiger partial charge in [0.05, 0.1) is 16.2 Å². The predicted octanol–water partition coefficient (Wildman–Crippen LogP) is 5.15. The van der Waals surface area contributed by atoms with Crippen LogP contribution in [0.2, 0.25) is 0 Å². The lowest BCUT2D eigenvalue weighted by molar-refractivity contribution is -0.348. The van der Waals surface area contributed by atoms with Crippen molar-refractivity contribution in [3.05, 3.63) is 65.0 Å². The molecule has 2 aliphatic rings. The highest BCUT2D eigenvalue weighted by Crippen LogP contribution is 2.56. The van der Waals surface area contributed by atoms with Gasteiger partial charge in [-0.3, -0.25) is 4.79 Å². The first kappa shape index (κ1) is 32.2. The number of rotatable bonds is 6. The van der Waals surface area contributed by atoms with E-state index >= 15 is 0 Å². The molecule has 1 amide bonds.